The minimum atomic E-state index is -0.480. The largest absolute Gasteiger partial charge is 0.497 e. The second-order valence-electron chi connectivity index (χ2n) is 4.61. The highest BCUT2D eigenvalue weighted by atomic mass is 32.2. The van der Waals surface area contributed by atoms with Gasteiger partial charge in [-0.05, 0) is 17.7 Å². The van der Waals surface area contributed by atoms with E-state index in [1.165, 1.54) is 30.2 Å². The van der Waals surface area contributed by atoms with Gasteiger partial charge >= 0.3 is 5.97 Å². The van der Waals surface area contributed by atoms with Crippen molar-refractivity contribution in [2.75, 3.05) is 26.5 Å². The van der Waals surface area contributed by atoms with E-state index in [0.29, 0.717) is 4.34 Å². The number of nitrogens with one attached hydrogen (secondary N) is 1. The van der Waals surface area contributed by atoms with Crippen LogP contribution in [-0.2, 0) is 20.1 Å². The molecule has 0 fully saturated rings. The molecule has 0 unspecified atom stereocenters. The number of rotatable bonds is 9. The zero-order chi connectivity index (χ0) is 18.1. The molecule has 10 heteroatoms. The number of ether oxygens (including phenoxy) is 2. The van der Waals surface area contributed by atoms with Gasteiger partial charge in [0.15, 0.2) is 8.68 Å². The number of benzene rings is 1. The lowest BCUT2D eigenvalue weighted by molar-refractivity contribution is -0.140. The number of hydrogen-bond acceptors (Lipinski definition) is 9. The highest BCUT2D eigenvalue weighted by Gasteiger charge is 2.10. The standard InChI is InChI=1S/C15H17N3O4S3/c1-21-11-5-3-10(4-6-11)8-23-14-17-18-15(25-14)24-9-12(19)16-7-13(20)22-2/h3-6H,7-9H2,1-2H3,(H,16,19). The summed E-state index contributed by atoms with van der Waals surface area (Å²) >= 11 is 4.31. The summed E-state index contributed by atoms with van der Waals surface area (Å²) in [6, 6.07) is 7.86. The number of hydrogen-bond donors (Lipinski definition) is 1. The summed E-state index contributed by atoms with van der Waals surface area (Å²) in [6.07, 6.45) is 0. The zero-order valence-electron chi connectivity index (χ0n) is 13.7. The van der Waals surface area contributed by atoms with Crippen molar-refractivity contribution in [1.82, 2.24) is 15.5 Å². The molecule has 0 radical (unpaired) electrons. The van der Waals surface area contributed by atoms with Gasteiger partial charge in [0.1, 0.15) is 12.3 Å². The third-order valence-electron chi connectivity index (χ3n) is 2.89. The van der Waals surface area contributed by atoms with Gasteiger partial charge in [0, 0.05) is 5.75 Å². The van der Waals surface area contributed by atoms with Gasteiger partial charge in [-0.1, -0.05) is 47.0 Å². The van der Waals surface area contributed by atoms with Crippen molar-refractivity contribution in [3.63, 3.8) is 0 Å². The van der Waals surface area contributed by atoms with Crippen molar-refractivity contribution in [2.24, 2.45) is 0 Å². The Kier molecular flexibility index (Phi) is 8.02. The van der Waals surface area contributed by atoms with Gasteiger partial charge in [-0.3, -0.25) is 9.59 Å². The highest BCUT2D eigenvalue weighted by molar-refractivity contribution is 8.03. The van der Waals surface area contributed by atoms with E-state index < -0.39 is 5.97 Å². The normalized spacial score (nSPS) is 10.3. The lowest BCUT2D eigenvalue weighted by Gasteiger charge is -2.02. The molecule has 1 N–H and O–H groups in total. The molecule has 1 aromatic heterocycles. The van der Waals surface area contributed by atoms with Crippen LogP contribution < -0.4 is 10.1 Å². The first-order valence-electron chi connectivity index (χ1n) is 7.16. The monoisotopic (exact) mass is 399 g/mol. The molecule has 0 atom stereocenters. The number of carbonyl (C=O) groups excluding carboxylic acids is 2. The first-order valence-corrected chi connectivity index (χ1v) is 9.95. The van der Waals surface area contributed by atoms with Crippen molar-refractivity contribution >= 4 is 46.7 Å². The molecule has 0 aliphatic carbocycles. The van der Waals surface area contributed by atoms with Crippen LogP contribution in [0.4, 0.5) is 0 Å². The van der Waals surface area contributed by atoms with Crippen LogP contribution in [-0.4, -0.2) is 48.6 Å². The summed E-state index contributed by atoms with van der Waals surface area (Å²) in [6.45, 7) is -0.130. The molecule has 1 amide bonds. The first kappa shape index (κ1) is 19.5. The Bertz CT molecular complexity index is 706. The number of esters is 1. The smallest absolute Gasteiger partial charge is 0.325 e. The number of amides is 1. The average molecular weight is 400 g/mol. The Morgan fingerprint density at radius 3 is 2.44 bits per heavy atom. The van der Waals surface area contributed by atoms with E-state index in [1.54, 1.807) is 18.9 Å². The number of methoxy groups -OCH3 is 2. The Morgan fingerprint density at radius 2 is 1.80 bits per heavy atom. The summed E-state index contributed by atoms with van der Waals surface area (Å²) in [5, 5.41) is 10.6. The summed E-state index contributed by atoms with van der Waals surface area (Å²) in [5.41, 5.74) is 1.16. The molecule has 0 spiro atoms. The molecule has 0 saturated heterocycles. The third kappa shape index (κ3) is 6.92. The predicted molar refractivity (Wildman–Crippen MR) is 98.2 cm³/mol. The van der Waals surface area contributed by atoms with Crippen LogP contribution in [0.3, 0.4) is 0 Å². The fourth-order valence-electron chi connectivity index (χ4n) is 1.60. The number of carbonyl (C=O) groups is 2. The molecule has 0 aliphatic heterocycles. The number of thioether (sulfide) groups is 2. The van der Waals surface area contributed by atoms with E-state index in [2.05, 4.69) is 20.3 Å². The average Bonchev–Trinajstić information content (AvgIpc) is 3.11. The van der Waals surface area contributed by atoms with Gasteiger partial charge < -0.3 is 14.8 Å². The van der Waals surface area contributed by atoms with Gasteiger partial charge in [0.25, 0.3) is 0 Å². The van der Waals surface area contributed by atoms with E-state index in [4.69, 9.17) is 4.74 Å². The van der Waals surface area contributed by atoms with Crippen LogP contribution in [0.2, 0.25) is 0 Å². The van der Waals surface area contributed by atoms with E-state index in [9.17, 15) is 9.59 Å². The fourth-order valence-corrected chi connectivity index (χ4v) is 4.41. The molecule has 7 nitrogen and oxygen atoms in total. The molecule has 2 rings (SSSR count). The van der Waals surface area contributed by atoms with Gasteiger partial charge in [-0.2, -0.15) is 0 Å². The van der Waals surface area contributed by atoms with E-state index in [-0.39, 0.29) is 18.2 Å². The molecule has 25 heavy (non-hydrogen) atoms. The fraction of sp³-hybridized carbons (Fsp3) is 0.333. The Morgan fingerprint density at radius 1 is 1.12 bits per heavy atom. The van der Waals surface area contributed by atoms with Crippen LogP contribution in [0.15, 0.2) is 32.9 Å². The maximum atomic E-state index is 11.6. The molecule has 1 aromatic carbocycles. The van der Waals surface area contributed by atoms with Crippen molar-refractivity contribution < 1.29 is 19.1 Å². The lowest BCUT2D eigenvalue weighted by atomic mass is 10.2. The first-order chi connectivity index (χ1) is 12.1. The summed E-state index contributed by atoms with van der Waals surface area (Å²) < 4.78 is 11.1. The molecule has 134 valence electrons. The second kappa shape index (κ2) is 10.3. The minimum Gasteiger partial charge on any atom is -0.497 e. The molecule has 0 saturated carbocycles. The van der Waals surface area contributed by atoms with Gasteiger partial charge in [0.05, 0.1) is 20.0 Å². The molecular formula is C15H17N3O4S3. The Labute approximate surface area is 157 Å². The summed E-state index contributed by atoms with van der Waals surface area (Å²) in [4.78, 5) is 22.6. The third-order valence-corrected chi connectivity index (χ3v) is 6.15. The Balaban J connectivity index is 1.73. The molecule has 1 heterocycles. The maximum Gasteiger partial charge on any atom is 0.325 e. The van der Waals surface area contributed by atoms with Crippen LogP contribution >= 0.6 is 34.9 Å². The van der Waals surface area contributed by atoms with E-state index in [0.717, 1.165) is 21.4 Å². The Hall–Kier alpha value is -1.78. The zero-order valence-corrected chi connectivity index (χ0v) is 16.1. The maximum absolute atomic E-state index is 11.6. The van der Waals surface area contributed by atoms with Gasteiger partial charge in [0.2, 0.25) is 5.91 Å². The quantitative estimate of drug-likeness (QED) is 0.507. The topological polar surface area (TPSA) is 90.4 Å². The second-order valence-corrected chi connectivity index (χ2v) is 8.03. The van der Waals surface area contributed by atoms with Crippen LogP contribution in [0, 0.1) is 0 Å². The SMILES string of the molecule is COC(=O)CNC(=O)CSc1nnc(SCc2ccc(OC)cc2)s1. The number of nitrogens with zero attached hydrogens (tertiary/aromatic N) is 2. The lowest BCUT2D eigenvalue weighted by Crippen LogP contribution is -2.31. The summed E-state index contributed by atoms with van der Waals surface area (Å²) in [7, 11) is 2.91. The number of aromatic nitrogens is 2. The van der Waals surface area contributed by atoms with Crippen molar-refractivity contribution in [3.8, 4) is 5.75 Å². The summed E-state index contributed by atoms with van der Waals surface area (Å²) in [5.74, 6) is 1.05. The van der Waals surface area contributed by atoms with E-state index in [1.807, 2.05) is 24.3 Å². The van der Waals surface area contributed by atoms with Crippen molar-refractivity contribution in [1.29, 1.82) is 0 Å². The van der Waals surface area contributed by atoms with Gasteiger partial charge in [-0.25, -0.2) is 0 Å². The van der Waals surface area contributed by atoms with Crippen LogP contribution in [0.1, 0.15) is 5.56 Å². The van der Waals surface area contributed by atoms with E-state index >= 15 is 0 Å². The predicted octanol–water partition coefficient (Wildman–Crippen LogP) is 2.22. The van der Waals surface area contributed by atoms with Crippen molar-refractivity contribution in [2.45, 2.75) is 14.4 Å². The molecule has 0 aliphatic rings. The van der Waals surface area contributed by atoms with Crippen LogP contribution in [0.5, 0.6) is 5.75 Å². The molecule has 2 aromatic rings. The van der Waals surface area contributed by atoms with Gasteiger partial charge in [-0.15, -0.1) is 10.2 Å². The minimum absolute atomic E-state index is 0.130. The molecular weight excluding hydrogens is 382 g/mol. The molecule has 0 bridgehead atoms. The highest BCUT2D eigenvalue weighted by Crippen LogP contribution is 2.30. The van der Waals surface area contributed by atoms with Crippen LogP contribution in [0.25, 0.3) is 0 Å². The van der Waals surface area contributed by atoms with Crippen molar-refractivity contribution in [3.05, 3.63) is 29.8 Å².